The fraction of sp³-hybridized carbons (Fsp3) is 0.591. The summed E-state index contributed by atoms with van der Waals surface area (Å²) in [4.78, 5) is 14.2. The van der Waals surface area contributed by atoms with Crippen LogP contribution in [0.5, 0.6) is 0 Å². The predicted molar refractivity (Wildman–Crippen MR) is 104 cm³/mol. The molecule has 1 aliphatic carbocycles. The molecule has 0 radical (unpaired) electrons. The third-order valence-corrected chi connectivity index (χ3v) is 6.15. The Bertz CT molecular complexity index is 800. The average Bonchev–Trinajstić information content (AvgIpc) is 2.76. The first-order chi connectivity index (χ1) is 12.6. The van der Waals surface area contributed by atoms with Crippen molar-refractivity contribution >= 4 is 16.7 Å². The van der Waals surface area contributed by atoms with Crippen LogP contribution in [0.25, 0.3) is 10.9 Å². The highest BCUT2D eigenvalue weighted by Crippen LogP contribution is 2.33. The van der Waals surface area contributed by atoms with E-state index in [9.17, 15) is 9.90 Å². The van der Waals surface area contributed by atoms with E-state index in [2.05, 4.69) is 29.7 Å². The van der Waals surface area contributed by atoms with Crippen molar-refractivity contribution in [1.29, 1.82) is 0 Å². The maximum atomic E-state index is 12.7. The zero-order valence-electron chi connectivity index (χ0n) is 15.9. The Balaban J connectivity index is 1.63. The first kappa shape index (κ1) is 17.7. The number of quaternary nitrogens is 1. The number of benzene rings is 1. The highest BCUT2D eigenvalue weighted by molar-refractivity contribution is 6.04. The van der Waals surface area contributed by atoms with Crippen LogP contribution < -0.4 is 4.90 Å². The Kier molecular flexibility index (Phi) is 5.14. The van der Waals surface area contributed by atoms with E-state index in [4.69, 9.17) is 0 Å². The van der Waals surface area contributed by atoms with Crippen LogP contribution in [-0.2, 0) is 13.0 Å². The van der Waals surface area contributed by atoms with Gasteiger partial charge in [0, 0.05) is 17.3 Å². The number of nitrogens with one attached hydrogen (secondary N) is 1. The van der Waals surface area contributed by atoms with E-state index < -0.39 is 6.10 Å². The smallest absolute Gasteiger partial charge is 0.179 e. The second-order valence-corrected chi connectivity index (χ2v) is 8.26. The maximum absolute atomic E-state index is 12.7. The van der Waals surface area contributed by atoms with Crippen molar-refractivity contribution in [3.63, 3.8) is 0 Å². The topological polar surface area (TPSA) is 46.7 Å². The summed E-state index contributed by atoms with van der Waals surface area (Å²) < 4.78 is 2.12. The highest BCUT2D eigenvalue weighted by Gasteiger charge is 2.27. The maximum Gasteiger partial charge on any atom is 0.179 e. The number of aromatic nitrogens is 1. The second kappa shape index (κ2) is 7.53. The molecule has 1 aromatic heterocycles. The van der Waals surface area contributed by atoms with Crippen molar-refractivity contribution in [1.82, 2.24) is 4.57 Å². The third kappa shape index (κ3) is 3.45. The lowest BCUT2D eigenvalue weighted by Crippen LogP contribution is -3.13. The number of carbonyl (C=O) groups excluding carboxylic acids is 1. The molecule has 1 unspecified atom stereocenters. The van der Waals surface area contributed by atoms with Gasteiger partial charge in [0.15, 0.2) is 5.78 Å². The van der Waals surface area contributed by atoms with Crippen molar-refractivity contribution in [2.45, 2.75) is 64.5 Å². The van der Waals surface area contributed by atoms with Gasteiger partial charge in [-0.15, -0.1) is 0 Å². The molecule has 26 heavy (non-hydrogen) atoms. The molecule has 1 atom stereocenters. The molecule has 2 heterocycles. The van der Waals surface area contributed by atoms with Gasteiger partial charge in [-0.25, -0.2) is 0 Å². The average molecular weight is 356 g/mol. The van der Waals surface area contributed by atoms with Crippen LogP contribution >= 0.6 is 0 Å². The van der Waals surface area contributed by atoms with Gasteiger partial charge in [0.25, 0.3) is 0 Å². The number of Topliss-reactive ketones (excluding diaryl/α,β-unsaturated/α-hetero) is 1. The SMILES string of the molecule is Cc1ccc2c(c1)c1c(n2CC(O)C[NH+]2CCCCCC2)C(=O)CCC1. The Morgan fingerprint density at radius 3 is 2.65 bits per heavy atom. The number of hydrogen-bond donors (Lipinski definition) is 2. The number of carbonyl (C=O) groups is 1. The summed E-state index contributed by atoms with van der Waals surface area (Å²) in [7, 11) is 0. The van der Waals surface area contributed by atoms with Crippen molar-refractivity contribution in [2.24, 2.45) is 0 Å². The van der Waals surface area contributed by atoms with Crippen molar-refractivity contribution < 1.29 is 14.8 Å². The van der Waals surface area contributed by atoms with E-state index in [1.54, 1.807) is 0 Å². The number of hydrogen-bond acceptors (Lipinski definition) is 2. The number of fused-ring (bicyclic) bond motifs is 3. The zero-order chi connectivity index (χ0) is 18.1. The molecule has 4 rings (SSSR count). The van der Waals surface area contributed by atoms with Gasteiger partial charge in [0.2, 0.25) is 0 Å². The molecule has 0 spiro atoms. The molecule has 1 aliphatic heterocycles. The van der Waals surface area contributed by atoms with Gasteiger partial charge in [-0.1, -0.05) is 11.6 Å². The quantitative estimate of drug-likeness (QED) is 0.884. The molecule has 0 amide bonds. The fourth-order valence-electron chi connectivity index (χ4n) is 4.88. The molecule has 0 bridgehead atoms. The summed E-state index contributed by atoms with van der Waals surface area (Å²) in [5, 5.41) is 12.0. The molecule has 1 fully saturated rings. The Morgan fingerprint density at radius 2 is 1.88 bits per heavy atom. The fourth-order valence-corrected chi connectivity index (χ4v) is 4.88. The first-order valence-corrected chi connectivity index (χ1v) is 10.3. The highest BCUT2D eigenvalue weighted by atomic mass is 16.3. The Labute approximate surface area is 155 Å². The van der Waals surface area contributed by atoms with Crippen molar-refractivity contribution in [2.75, 3.05) is 19.6 Å². The van der Waals surface area contributed by atoms with Crippen LogP contribution in [0.15, 0.2) is 18.2 Å². The van der Waals surface area contributed by atoms with Gasteiger partial charge in [0.1, 0.15) is 12.6 Å². The lowest BCUT2D eigenvalue weighted by Gasteiger charge is -2.22. The van der Waals surface area contributed by atoms with Crippen LogP contribution in [0.3, 0.4) is 0 Å². The van der Waals surface area contributed by atoms with Crippen LogP contribution in [0.4, 0.5) is 0 Å². The molecule has 140 valence electrons. The van der Waals surface area contributed by atoms with Crippen molar-refractivity contribution in [3.8, 4) is 0 Å². The Hall–Kier alpha value is -1.65. The normalized spacial score (nSPS) is 20.2. The number of rotatable bonds is 4. The number of aryl methyl sites for hydroxylation is 2. The molecule has 2 N–H and O–H groups in total. The van der Waals surface area contributed by atoms with E-state index >= 15 is 0 Å². The molecular formula is C22H31N2O2+. The lowest BCUT2D eigenvalue weighted by molar-refractivity contribution is -0.902. The number of nitrogens with zero attached hydrogens (tertiary/aromatic N) is 1. The van der Waals surface area contributed by atoms with Gasteiger partial charge in [-0.2, -0.15) is 0 Å². The molecule has 2 aliphatic rings. The Morgan fingerprint density at radius 1 is 1.12 bits per heavy atom. The number of aliphatic hydroxyl groups is 1. The number of aliphatic hydroxyl groups excluding tert-OH is 1. The molecule has 4 nitrogen and oxygen atoms in total. The molecular weight excluding hydrogens is 324 g/mol. The zero-order valence-corrected chi connectivity index (χ0v) is 15.9. The van der Waals surface area contributed by atoms with Crippen LogP contribution in [-0.4, -0.2) is 41.2 Å². The van der Waals surface area contributed by atoms with Gasteiger partial charge in [-0.3, -0.25) is 4.79 Å². The van der Waals surface area contributed by atoms with Crippen LogP contribution in [0, 0.1) is 6.92 Å². The summed E-state index contributed by atoms with van der Waals surface area (Å²) in [5.74, 6) is 0.245. The van der Waals surface area contributed by atoms with Gasteiger partial charge in [0.05, 0.1) is 25.3 Å². The standard InChI is InChI=1S/C22H30N2O2/c1-16-9-10-20-19(13-16)18-7-6-8-21(26)22(18)24(20)15-17(25)14-23-11-4-2-3-5-12-23/h9-10,13,17,25H,2-8,11-12,14-15H2,1H3/p+1. The summed E-state index contributed by atoms with van der Waals surface area (Å²) in [6.45, 7) is 5.75. The minimum Gasteiger partial charge on any atom is -0.385 e. The number of likely N-dealkylation sites (tertiary alicyclic amines) is 1. The van der Waals surface area contributed by atoms with Crippen molar-refractivity contribution in [3.05, 3.63) is 35.0 Å². The molecule has 0 saturated carbocycles. The first-order valence-electron chi connectivity index (χ1n) is 10.3. The third-order valence-electron chi connectivity index (χ3n) is 6.15. The molecule has 2 aromatic rings. The molecule has 4 heteroatoms. The minimum absolute atomic E-state index is 0.245. The van der Waals surface area contributed by atoms with Crippen LogP contribution in [0.1, 0.15) is 60.1 Å². The lowest BCUT2D eigenvalue weighted by atomic mass is 9.94. The monoisotopic (exact) mass is 355 g/mol. The predicted octanol–water partition coefficient (Wildman–Crippen LogP) is 2.29. The van der Waals surface area contributed by atoms with E-state index in [1.165, 1.54) is 60.2 Å². The summed E-state index contributed by atoms with van der Waals surface area (Å²) in [6, 6.07) is 6.44. The summed E-state index contributed by atoms with van der Waals surface area (Å²) in [5.41, 5.74) is 4.40. The molecule has 1 aromatic carbocycles. The minimum atomic E-state index is -0.404. The van der Waals surface area contributed by atoms with E-state index in [1.807, 2.05) is 0 Å². The van der Waals surface area contributed by atoms with E-state index in [0.29, 0.717) is 13.0 Å². The second-order valence-electron chi connectivity index (χ2n) is 8.26. The summed E-state index contributed by atoms with van der Waals surface area (Å²) >= 11 is 0. The largest absolute Gasteiger partial charge is 0.385 e. The van der Waals surface area contributed by atoms with Crippen LogP contribution in [0.2, 0.25) is 0 Å². The van der Waals surface area contributed by atoms with Gasteiger partial charge >= 0.3 is 0 Å². The van der Waals surface area contributed by atoms with Gasteiger partial charge < -0.3 is 14.6 Å². The number of ketones is 1. The van der Waals surface area contributed by atoms with E-state index in [0.717, 1.165) is 30.6 Å². The summed E-state index contributed by atoms with van der Waals surface area (Å²) in [6.07, 6.45) is 7.32. The van der Waals surface area contributed by atoms with Gasteiger partial charge in [-0.05, 0) is 63.1 Å². The molecule has 1 saturated heterocycles. The van der Waals surface area contributed by atoms with E-state index in [-0.39, 0.29) is 5.78 Å².